The second-order valence-electron chi connectivity index (χ2n) is 8.59. The zero-order valence-corrected chi connectivity index (χ0v) is 18.5. The number of halogens is 3. The van der Waals surface area contributed by atoms with Crippen LogP contribution in [0.5, 0.6) is 5.75 Å². The fourth-order valence-corrected chi connectivity index (χ4v) is 4.85. The largest absolute Gasteiger partial charge is 0.494 e. The number of nitrogens with zero attached hydrogens (tertiary/aromatic N) is 3. The Labute approximate surface area is 189 Å². The number of anilines is 1. The van der Waals surface area contributed by atoms with Gasteiger partial charge in [0.05, 0.1) is 23.8 Å². The highest BCUT2D eigenvalue weighted by Crippen LogP contribution is 2.43. The molecule has 1 aromatic heterocycles. The predicted octanol–water partition coefficient (Wildman–Crippen LogP) is 3.52. The van der Waals surface area contributed by atoms with E-state index in [9.17, 15) is 23.1 Å². The molecule has 0 radical (unpaired) electrons. The van der Waals surface area contributed by atoms with Gasteiger partial charge in [-0.1, -0.05) is 12.2 Å². The molecule has 2 heterocycles. The molecule has 1 atom stereocenters. The minimum absolute atomic E-state index is 0.0836. The highest BCUT2D eigenvalue weighted by molar-refractivity contribution is 5.91. The van der Waals surface area contributed by atoms with Crippen molar-refractivity contribution in [1.29, 1.82) is 0 Å². The molecule has 1 aliphatic heterocycles. The van der Waals surface area contributed by atoms with Crippen LogP contribution in [0, 0.1) is 5.92 Å². The monoisotopic (exact) mass is 464 g/mol. The number of carbonyl (C=O) groups is 1. The number of rotatable bonds is 5. The Bertz CT molecular complexity index is 1110. The van der Waals surface area contributed by atoms with Crippen LogP contribution in [0.4, 0.5) is 18.9 Å². The highest BCUT2D eigenvalue weighted by atomic mass is 19.4. The van der Waals surface area contributed by atoms with E-state index >= 15 is 0 Å². The zero-order chi connectivity index (χ0) is 23.9. The molecule has 0 saturated heterocycles. The lowest BCUT2D eigenvalue weighted by atomic mass is 9.82. The Morgan fingerprint density at radius 2 is 1.97 bits per heavy atom. The zero-order valence-electron chi connectivity index (χ0n) is 18.5. The number of imidazole rings is 1. The Morgan fingerprint density at radius 3 is 2.55 bits per heavy atom. The van der Waals surface area contributed by atoms with Crippen LogP contribution in [0.1, 0.15) is 37.4 Å². The number of nitrogens with two attached hydrogens (primary N) is 1. The number of methoxy groups -OCH3 is 1. The van der Waals surface area contributed by atoms with Crippen LogP contribution < -0.4 is 15.4 Å². The van der Waals surface area contributed by atoms with Gasteiger partial charge in [-0.2, -0.15) is 13.2 Å². The highest BCUT2D eigenvalue weighted by Gasteiger charge is 2.43. The summed E-state index contributed by atoms with van der Waals surface area (Å²) in [6.45, 7) is 0.177. The van der Waals surface area contributed by atoms with Crippen molar-refractivity contribution < 1.29 is 27.8 Å². The average molecular weight is 464 g/mol. The summed E-state index contributed by atoms with van der Waals surface area (Å²) in [5, 5.41) is 9.41. The first-order valence-corrected chi connectivity index (χ1v) is 10.8. The molecule has 1 amide bonds. The number of aliphatic hydroxyl groups excluding tert-OH is 1. The van der Waals surface area contributed by atoms with Gasteiger partial charge in [0, 0.05) is 25.6 Å². The van der Waals surface area contributed by atoms with Crippen molar-refractivity contribution >= 4 is 22.6 Å². The molecule has 0 spiro atoms. The number of aromatic nitrogens is 2. The van der Waals surface area contributed by atoms with Gasteiger partial charge >= 0.3 is 6.18 Å². The smallest absolute Gasteiger partial charge is 0.431 e. The van der Waals surface area contributed by atoms with Crippen LogP contribution in [0.15, 0.2) is 36.1 Å². The Morgan fingerprint density at radius 1 is 1.27 bits per heavy atom. The number of aryl methyl sites for hydroxylation is 1. The van der Waals surface area contributed by atoms with E-state index in [1.807, 2.05) is 11.6 Å². The lowest BCUT2D eigenvalue weighted by Crippen LogP contribution is -2.47. The third-order valence-electron chi connectivity index (χ3n) is 6.61. The van der Waals surface area contributed by atoms with E-state index in [1.165, 1.54) is 19.3 Å². The van der Waals surface area contributed by atoms with E-state index in [0.29, 0.717) is 17.0 Å². The first kappa shape index (κ1) is 23.2. The van der Waals surface area contributed by atoms with Crippen LogP contribution in [0.3, 0.4) is 0 Å². The molecule has 1 unspecified atom stereocenters. The van der Waals surface area contributed by atoms with Crippen LogP contribution in [0.25, 0.3) is 11.0 Å². The summed E-state index contributed by atoms with van der Waals surface area (Å²) in [5.41, 5.74) is 5.76. The maximum Gasteiger partial charge on any atom is 0.431 e. The first-order valence-electron chi connectivity index (χ1n) is 10.8. The van der Waals surface area contributed by atoms with E-state index in [2.05, 4.69) is 0 Å². The van der Waals surface area contributed by atoms with Gasteiger partial charge in [-0.05, 0) is 43.7 Å². The van der Waals surface area contributed by atoms with Gasteiger partial charge in [-0.3, -0.25) is 4.79 Å². The molecule has 7 nitrogen and oxygen atoms in total. The number of amides is 1. The number of carbonyl (C=O) groups excluding carboxylic acids is 1. The molecule has 1 aromatic carbocycles. The van der Waals surface area contributed by atoms with Crippen molar-refractivity contribution in [3.05, 3.63) is 41.9 Å². The van der Waals surface area contributed by atoms with Crippen molar-refractivity contribution in [1.82, 2.24) is 9.55 Å². The van der Waals surface area contributed by atoms with Crippen molar-refractivity contribution in [2.45, 2.75) is 43.8 Å². The van der Waals surface area contributed by atoms with Crippen LogP contribution in [-0.4, -0.2) is 46.5 Å². The Kier molecular flexibility index (Phi) is 6.13. The van der Waals surface area contributed by atoms with Crippen molar-refractivity contribution in [2.24, 2.45) is 18.7 Å². The molecule has 2 aromatic rings. The topological polar surface area (TPSA) is 93.6 Å². The molecule has 1 aliphatic carbocycles. The molecule has 1 fully saturated rings. The quantitative estimate of drug-likeness (QED) is 0.706. The van der Waals surface area contributed by atoms with Gasteiger partial charge < -0.3 is 25.0 Å². The van der Waals surface area contributed by atoms with E-state index in [0.717, 1.165) is 42.5 Å². The SMILES string of the molecule is COc1cc2nc(C3CCC(CO)CC3)n(C)c2cc1N1C(C(F)(F)F)=CC=CC1C(N)=O. The van der Waals surface area contributed by atoms with Gasteiger partial charge in [0.25, 0.3) is 0 Å². The summed E-state index contributed by atoms with van der Waals surface area (Å²) in [6, 6.07) is 1.84. The van der Waals surface area contributed by atoms with Gasteiger partial charge in [0.15, 0.2) is 0 Å². The average Bonchev–Trinajstić information content (AvgIpc) is 3.12. The summed E-state index contributed by atoms with van der Waals surface area (Å²) in [5.74, 6) is 0.592. The maximum atomic E-state index is 13.9. The van der Waals surface area contributed by atoms with Gasteiger partial charge in [-0.15, -0.1) is 0 Å². The normalized spacial score (nSPS) is 23.6. The van der Waals surface area contributed by atoms with Gasteiger partial charge in [0.2, 0.25) is 5.91 Å². The molecule has 10 heteroatoms. The third kappa shape index (κ3) is 4.19. The number of aliphatic hydroxyl groups is 1. The summed E-state index contributed by atoms with van der Waals surface area (Å²) < 4.78 is 49.0. The number of ether oxygens (including phenoxy) is 1. The summed E-state index contributed by atoms with van der Waals surface area (Å²) in [6.07, 6.45) is 2.29. The molecule has 1 saturated carbocycles. The van der Waals surface area contributed by atoms with Crippen LogP contribution in [0.2, 0.25) is 0 Å². The molecule has 0 bridgehead atoms. The standard InChI is InChI=1S/C23H27F3N4O3/c1-29-17-11-18(30-16(21(27)32)4-3-5-20(30)23(24,25)26)19(33-2)10-15(17)28-22(29)14-8-6-13(12-31)7-9-14/h3-5,10-11,13-14,16,31H,6-9,12H2,1-2H3,(H2,27,32). The number of hydrogen-bond acceptors (Lipinski definition) is 5. The second kappa shape index (κ2) is 8.74. The number of benzene rings is 1. The van der Waals surface area contributed by atoms with Crippen LogP contribution in [-0.2, 0) is 11.8 Å². The minimum atomic E-state index is -4.71. The van der Waals surface area contributed by atoms with E-state index in [-0.39, 0.29) is 24.0 Å². The molecule has 178 valence electrons. The molecule has 3 N–H and O–H groups in total. The summed E-state index contributed by atoms with van der Waals surface area (Å²) >= 11 is 0. The molecule has 33 heavy (non-hydrogen) atoms. The number of primary amides is 1. The summed E-state index contributed by atoms with van der Waals surface area (Å²) in [7, 11) is 3.20. The predicted molar refractivity (Wildman–Crippen MR) is 118 cm³/mol. The number of hydrogen-bond donors (Lipinski definition) is 2. The molecule has 4 rings (SSSR count). The van der Waals surface area contributed by atoms with Gasteiger partial charge in [0.1, 0.15) is 23.3 Å². The summed E-state index contributed by atoms with van der Waals surface area (Å²) in [4.78, 5) is 17.7. The van der Waals surface area contributed by atoms with Crippen molar-refractivity contribution in [2.75, 3.05) is 18.6 Å². The Hall–Kier alpha value is -3.01. The second-order valence-corrected chi connectivity index (χ2v) is 8.59. The number of allylic oxidation sites excluding steroid dienone is 3. The molecular formula is C23H27F3N4O3. The van der Waals surface area contributed by atoms with E-state index in [1.54, 1.807) is 12.1 Å². The van der Waals surface area contributed by atoms with Gasteiger partial charge in [-0.25, -0.2) is 4.98 Å². The van der Waals surface area contributed by atoms with E-state index < -0.39 is 23.8 Å². The lowest BCUT2D eigenvalue weighted by Gasteiger charge is -2.35. The van der Waals surface area contributed by atoms with Crippen molar-refractivity contribution in [3.63, 3.8) is 0 Å². The van der Waals surface area contributed by atoms with E-state index in [4.69, 9.17) is 15.5 Å². The first-order chi connectivity index (χ1) is 15.7. The Balaban J connectivity index is 1.82. The fraction of sp³-hybridized carbons (Fsp3) is 0.478. The molecule has 2 aliphatic rings. The molecular weight excluding hydrogens is 437 g/mol. The van der Waals surface area contributed by atoms with Crippen molar-refractivity contribution in [3.8, 4) is 5.75 Å². The fourth-order valence-electron chi connectivity index (χ4n) is 4.85. The number of fused-ring (bicyclic) bond motifs is 1. The maximum absolute atomic E-state index is 13.9. The minimum Gasteiger partial charge on any atom is -0.494 e. The lowest BCUT2D eigenvalue weighted by molar-refractivity contribution is -0.119. The number of alkyl halides is 3. The third-order valence-corrected chi connectivity index (χ3v) is 6.61. The van der Waals surface area contributed by atoms with Crippen LogP contribution >= 0.6 is 0 Å².